The Morgan fingerprint density at radius 3 is 2.52 bits per heavy atom. The first-order valence-electron chi connectivity index (χ1n) is 7.82. The van der Waals surface area contributed by atoms with Crippen molar-refractivity contribution in [1.29, 1.82) is 5.26 Å². The Hall–Kier alpha value is -2.55. The van der Waals surface area contributed by atoms with E-state index in [-0.39, 0.29) is 24.3 Å². The van der Waals surface area contributed by atoms with Crippen LogP contribution in [-0.2, 0) is 4.79 Å². The van der Waals surface area contributed by atoms with E-state index in [0.29, 0.717) is 38.1 Å². The molecule has 0 aromatic heterocycles. The number of hydrogen-bond acceptors (Lipinski definition) is 4. The average Bonchev–Trinajstić information content (AvgIpc) is 2.56. The van der Waals surface area contributed by atoms with Gasteiger partial charge < -0.3 is 15.0 Å². The van der Waals surface area contributed by atoms with Gasteiger partial charge in [-0.1, -0.05) is 0 Å². The third-order valence-corrected chi connectivity index (χ3v) is 3.84. The fourth-order valence-corrected chi connectivity index (χ4v) is 2.59. The Labute approximate surface area is 136 Å². The molecule has 0 aliphatic carbocycles. The van der Waals surface area contributed by atoms with Gasteiger partial charge in [0.1, 0.15) is 12.2 Å². The summed E-state index contributed by atoms with van der Waals surface area (Å²) in [7, 11) is 0. The molecule has 1 aromatic carbocycles. The highest BCUT2D eigenvalue weighted by molar-refractivity contribution is 5.94. The summed E-state index contributed by atoms with van der Waals surface area (Å²) in [5, 5.41) is 11.5. The molecule has 1 fully saturated rings. The first-order chi connectivity index (χ1) is 11.1. The van der Waals surface area contributed by atoms with Crippen LogP contribution in [0.4, 0.5) is 0 Å². The van der Waals surface area contributed by atoms with Crippen LogP contribution < -0.4 is 10.1 Å². The fourth-order valence-electron chi connectivity index (χ4n) is 2.59. The molecule has 0 atom stereocenters. The summed E-state index contributed by atoms with van der Waals surface area (Å²) in [6.45, 7) is 3.66. The molecular formula is C17H21N3O3. The Morgan fingerprint density at radius 1 is 1.30 bits per heavy atom. The molecule has 122 valence electrons. The monoisotopic (exact) mass is 315 g/mol. The van der Waals surface area contributed by atoms with Crippen LogP contribution in [0.3, 0.4) is 0 Å². The molecule has 0 bridgehead atoms. The number of ether oxygens (including phenoxy) is 1. The van der Waals surface area contributed by atoms with Crippen LogP contribution in [0.2, 0.25) is 0 Å². The van der Waals surface area contributed by atoms with E-state index < -0.39 is 0 Å². The molecule has 0 spiro atoms. The first-order valence-corrected chi connectivity index (χ1v) is 7.82. The van der Waals surface area contributed by atoms with E-state index in [4.69, 9.17) is 10.00 Å². The molecule has 1 aliphatic rings. The van der Waals surface area contributed by atoms with E-state index in [1.54, 1.807) is 29.2 Å². The van der Waals surface area contributed by atoms with E-state index in [0.717, 1.165) is 5.75 Å². The summed E-state index contributed by atoms with van der Waals surface area (Å²) in [6, 6.07) is 8.97. The summed E-state index contributed by atoms with van der Waals surface area (Å²) >= 11 is 0. The van der Waals surface area contributed by atoms with Gasteiger partial charge in [0.15, 0.2) is 0 Å². The minimum absolute atomic E-state index is 0.0557. The Bertz CT molecular complexity index is 584. The first kappa shape index (κ1) is 16.8. The number of likely N-dealkylation sites (tertiary alicyclic amines) is 1. The predicted molar refractivity (Wildman–Crippen MR) is 84.9 cm³/mol. The maximum absolute atomic E-state index is 12.2. The maximum atomic E-state index is 12.2. The van der Waals surface area contributed by atoms with Crippen LogP contribution in [0.15, 0.2) is 24.3 Å². The number of nitriles is 1. The number of carbonyl (C=O) groups is 2. The van der Waals surface area contributed by atoms with Gasteiger partial charge in [-0.25, -0.2) is 0 Å². The second kappa shape index (κ2) is 8.18. The van der Waals surface area contributed by atoms with Crippen LogP contribution in [0, 0.1) is 11.3 Å². The zero-order valence-electron chi connectivity index (χ0n) is 13.2. The fraction of sp³-hybridized carbons (Fsp3) is 0.471. The van der Waals surface area contributed by atoms with Gasteiger partial charge in [0, 0.05) is 24.7 Å². The molecule has 1 N–H and O–H groups in total. The number of hydrogen-bond donors (Lipinski definition) is 1. The lowest BCUT2D eigenvalue weighted by atomic mass is 10.0. The van der Waals surface area contributed by atoms with Crippen molar-refractivity contribution in [3.8, 4) is 11.8 Å². The largest absolute Gasteiger partial charge is 0.494 e. The quantitative estimate of drug-likeness (QED) is 0.897. The van der Waals surface area contributed by atoms with E-state index >= 15 is 0 Å². The van der Waals surface area contributed by atoms with Crippen molar-refractivity contribution in [2.45, 2.75) is 32.2 Å². The molecule has 23 heavy (non-hydrogen) atoms. The maximum Gasteiger partial charge on any atom is 0.251 e. The highest BCUT2D eigenvalue weighted by Crippen LogP contribution is 2.14. The van der Waals surface area contributed by atoms with Gasteiger partial charge in [-0.05, 0) is 44.0 Å². The summed E-state index contributed by atoms with van der Waals surface area (Å²) in [4.78, 5) is 25.5. The molecular weight excluding hydrogens is 294 g/mol. The molecule has 1 saturated heterocycles. The van der Waals surface area contributed by atoms with E-state index in [1.165, 1.54) is 0 Å². The molecule has 1 heterocycles. The van der Waals surface area contributed by atoms with Crippen molar-refractivity contribution in [1.82, 2.24) is 10.2 Å². The van der Waals surface area contributed by atoms with E-state index in [1.807, 2.05) is 13.0 Å². The lowest BCUT2D eigenvalue weighted by Crippen LogP contribution is -2.46. The molecule has 2 rings (SSSR count). The molecule has 0 saturated carbocycles. The lowest BCUT2D eigenvalue weighted by molar-refractivity contribution is -0.131. The van der Waals surface area contributed by atoms with Gasteiger partial charge in [-0.3, -0.25) is 9.59 Å². The topological polar surface area (TPSA) is 82.4 Å². The number of benzene rings is 1. The van der Waals surface area contributed by atoms with Gasteiger partial charge in [-0.15, -0.1) is 0 Å². The number of nitrogens with zero attached hydrogens (tertiary/aromatic N) is 2. The van der Waals surface area contributed by atoms with Gasteiger partial charge >= 0.3 is 0 Å². The van der Waals surface area contributed by atoms with Crippen LogP contribution in [-0.4, -0.2) is 42.5 Å². The summed E-state index contributed by atoms with van der Waals surface area (Å²) < 4.78 is 5.35. The third-order valence-electron chi connectivity index (χ3n) is 3.84. The molecule has 6 heteroatoms. The number of rotatable bonds is 5. The second-order valence-electron chi connectivity index (χ2n) is 5.42. The van der Waals surface area contributed by atoms with Gasteiger partial charge in [0.25, 0.3) is 5.91 Å². The number of nitrogens with one attached hydrogen (secondary N) is 1. The van der Waals surface area contributed by atoms with Crippen molar-refractivity contribution in [3.63, 3.8) is 0 Å². The van der Waals surface area contributed by atoms with Crippen LogP contribution >= 0.6 is 0 Å². The minimum atomic E-state index is -0.135. The predicted octanol–water partition coefficient (Wildman–Crippen LogP) is 1.72. The second-order valence-corrected chi connectivity index (χ2v) is 5.42. The zero-order chi connectivity index (χ0) is 16.7. The van der Waals surface area contributed by atoms with Crippen LogP contribution in [0.25, 0.3) is 0 Å². The number of carbonyl (C=O) groups excluding carboxylic acids is 2. The van der Waals surface area contributed by atoms with Crippen molar-refractivity contribution in [2.24, 2.45) is 0 Å². The number of amides is 2. The lowest BCUT2D eigenvalue weighted by Gasteiger charge is -2.32. The van der Waals surface area contributed by atoms with Crippen LogP contribution in [0.1, 0.15) is 36.5 Å². The molecule has 1 aliphatic heterocycles. The van der Waals surface area contributed by atoms with Gasteiger partial charge in [-0.2, -0.15) is 5.26 Å². The van der Waals surface area contributed by atoms with Crippen LogP contribution in [0.5, 0.6) is 5.75 Å². The van der Waals surface area contributed by atoms with E-state index in [9.17, 15) is 9.59 Å². The Morgan fingerprint density at radius 2 is 1.96 bits per heavy atom. The molecule has 0 radical (unpaired) electrons. The van der Waals surface area contributed by atoms with E-state index in [2.05, 4.69) is 5.32 Å². The molecule has 1 aromatic rings. The third kappa shape index (κ3) is 4.71. The highest BCUT2D eigenvalue weighted by Gasteiger charge is 2.23. The summed E-state index contributed by atoms with van der Waals surface area (Å²) in [5.41, 5.74) is 0.594. The molecule has 6 nitrogen and oxygen atoms in total. The normalized spacial score (nSPS) is 14.9. The van der Waals surface area contributed by atoms with Crippen molar-refractivity contribution < 1.29 is 14.3 Å². The zero-order valence-corrected chi connectivity index (χ0v) is 13.2. The van der Waals surface area contributed by atoms with Gasteiger partial charge in [0.05, 0.1) is 12.7 Å². The van der Waals surface area contributed by atoms with Crippen molar-refractivity contribution in [2.75, 3.05) is 19.7 Å². The smallest absolute Gasteiger partial charge is 0.251 e. The summed E-state index contributed by atoms with van der Waals surface area (Å²) in [6.07, 6.45) is 1.34. The van der Waals surface area contributed by atoms with Crippen molar-refractivity contribution in [3.05, 3.63) is 29.8 Å². The SMILES string of the molecule is CCOc1ccc(C(=O)NC2CCN(C(=O)CC#N)CC2)cc1. The minimum Gasteiger partial charge on any atom is -0.494 e. The molecule has 0 unspecified atom stereocenters. The molecule has 2 amide bonds. The average molecular weight is 315 g/mol. The Balaban J connectivity index is 1.82. The van der Waals surface area contributed by atoms with Crippen molar-refractivity contribution >= 4 is 11.8 Å². The number of piperidine rings is 1. The van der Waals surface area contributed by atoms with Gasteiger partial charge in [0.2, 0.25) is 5.91 Å². The standard InChI is InChI=1S/C17H21N3O3/c1-2-23-15-5-3-13(4-6-15)17(22)19-14-8-11-20(12-9-14)16(21)7-10-18/h3-6,14H,2,7-9,11-12H2,1H3,(H,19,22). The highest BCUT2D eigenvalue weighted by atomic mass is 16.5. The summed E-state index contributed by atoms with van der Waals surface area (Å²) in [5.74, 6) is 0.493. The Kier molecular flexibility index (Phi) is 5.98.